The van der Waals surface area contributed by atoms with Crippen molar-refractivity contribution in [3.63, 3.8) is 0 Å². The lowest BCUT2D eigenvalue weighted by atomic mass is 10.4. The van der Waals surface area contributed by atoms with Crippen LogP contribution in [0.2, 0.25) is 0 Å². The van der Waals surface area contributed by atoms with E-state index in [0.717, 1.165) is 0 Å². The molecule has 0 saturated carbocycles. The average Bonchev–Trinajstić information content (AvgIpc) is 2.08. The minimum absolute atomic E-state index is 0.370. The molecule has 1 aromatic carbocycles. The van der Waals surface area contributed by atoms with Gasteiger partial charge in [-0.25, -0.2) is 8.42 Å². The predicted octanol–water partition coefficient (Wildman–Crippen LogP) is 0.665. The Kier molecular flexibility index (Phi) is 4.54. The van der Waals surface area contributed by atoms with Gasteiger partial charge in [-0.3, -0.25) is 0 Å². The van der Waals surface area contributed by atoms with Crippen LogP contribution in [0.3, 0.4) is 0 Å². The summed E-state index contributed by atoms with van der Waals surface area (Å²) < 4.78 is 21.7. The molecule has 12 heavy (non-hydrogen) atoms. The van der Waals surface area contributed by atoms with Gasteiger partial charge in [0, 0.05) is 6.26 Å². The first kappa shape index (κ1) is 11.1. The molecule has 0 spiro atoms. The molecule has 0 atom stereocenters. The van der Waals surface area contributed by atoms with Crippen LogP contribution in [0.5, 0.6) is 0 Å². The van der Waals surface area contributed by atoms with Gasteiger partial charge in [0.1, 0.15) is 0 Å². The Bertz CT molecular complexity index is 305. The van der Waals surface area contributed by atoms with Gasteiger partial charge < -0.3 is 5.73 Å². The molecule has 4 heteroatoms. The lowest BCUT2D eigenvalue weighted by molar-refractivity contribution is 0.602. The normalized spacial score (nSPS) is 9.92. The van der Waals surface area contributed by atoms with E-state index in [1.807, 2.05) is 0 Å². The second-order valence-electron chi connectivity index (χ2n) is 2.09. The molecule has 1 aromatic rings. The van der Waals surface area contributed by atoms with E-state index in [9.17, 15) is 8.42 Å². The SMILES string of the molecule is CN.CS(=O)(=O)c1ccccc1. The van der Waals surface area contributed by atoms with Gasteiger partial charge in [0.2, 0.25) is 0 Å². The van der Waals surface area contributed by atoms with E-state index in [-0.39, 0.29) is 0 Å². The molecular formula is C8H13NO2S. The molecule has 0 aliphatic heterocycles. The summed E-state index contributed by atoms with van der Waals surface area (Å²) in [6.07, 6.45) is 1.20. The first-order valence-corrected chi connectivity index (χ1v) is 5.33. The van der Waals surface area contributed by atoms with Gasteiger partial charge in [0.15, 0.2) is 9.84 Å². The monoisotopic (exact) mass is 187 g/mol. The third-order valence-corrected chi connectivity index (χ3v) is 2.30. The second-order valence-corrected chi connectivity index (χ2v) is 4.10. The summed E-state index contributed by atoms with van der Waals surface area (Å²) in [7, 11) is -1.50. The summed E-state index contributed by atoms with van der Waals surface area (Å²) in [5.41, 5.74) is 4.50. The fourth-order valence-electron chi connectivity index (χ4n) is 0.668. The molecule has 0 saturated heterocycles. The lowest BCUT2D eigenvalue weighted by Crippen LogP contribution is -1.95. The standard InChI is InChI=1S/C7H8O2S.CH5N/c1-10(8,9)7-5-3-2-4-6-7;1-2/h2-6H,1H3;2H2,1H3. The lowest BCUT2D eigenvalue weighted by Gasteiger charge is -1.93. The van der Waals surface area contributed by atoms with E-state index in [1.54, 1.807) is 30.3 Å². The molecule has 0 fully saturated rings. The Balaban J connectivity index is 0.000000561. The number of hydrogen-bond acceptors (Lipinski definition) is 3. The van der Waals surface area contributed by atoms with Crippen LogP contribution in [0.4, 0.5) is 0 Å². The summed E-state index contributed by atoms with van der Waals surface area (Å²) >= 11 is 0. The molecule has 1 rings (SSSR count). The van der Waals surface area contributed by atoms with E-state index in [1.165, 1.54) is 13.3 Å². The summed E-state index contributed by atoms with van der Waals surface area (Å²) in [6.45, 7) is 0. The zero-order valence-corrected chi connectivity index (χ0v) is 8.01. The summed E-state index contributed by atoms with van der Waals surface area (Å²) in [6, 6.07) is 8.35. The Morgan fingerprint density at radius 2 is 1.50 bits per heavy atom. The van der Waals surface area contributed by atoms with Crippen LogP contribution in [0.25, 0.3) is 0 Å². The highest BCUT2D eigenvalue weighted by atomic mass is 32.2. The number of sulfone groups is 1. The van der Waals surface area contributed by atoms with Crippen molar-refractivity contribution in [2.75, 3.05) is 13.3 Å². The van der Waals surface area contributed by atoms with Crippen LogP contribution >= 0.6 is 0 Å². The van der Waals surface area contributed by atoms with Gasteiger partial charge in [-0.1, -0.05) is 18.2 Å². The zero-order valence-electron chi connectivity index (χ0n) is 7.19. The molecule has 0 heterocycles. The van der Waals surface area contributed by atoms with Crippen molar-refractivity contribution in [1.82, 2.24) is 0 Å². The van der Waals surface area contributed by atoms with Crippen molar-refractivity contribution in [3.05, 3.63) is 30.3 Å². The average molecular weight is 187 g/mol. The topological polar surface area (TPSA) is 60.2 Å². The van der Waals surface area contributed by atoms with Crippen molar-refractivity contribution < 1.29 is 8.42 Å². The maximum atomic E-state index is 10.8. The molecule has 0 aliphatic rings. The highest BCUT2D eigenvalue weighted by molar-refractivity contribution is 7.90. The van der Waals surface area contributed by atoms with Gasteiger partial charge in [0.25, 0.3) is 0 Å². The zero-order chi connectivity index (χ0) is 9.61. The quantitative estimate of drug-likeness (QED) is 0.702. The van der Waals surface area contributed by atoms with E-state index in [4.69, 9.17) is 0 Å². The number of rotatable bonds is 1. The highest BCUT2D eigenvalue weighted by Crippen LogP contribution is 2.05. The van der Waals surface area contributed by atoms with E-state index < -0.39 is 9.84 Å². The minimum Gasteiger partial charge on any atom is -0.333 e. The van der Waals surface area contributed by atoms with E-state index >= 15 is 0 Å². The Morgan fingerprint density at radius 3 is 1.75 bits per heavy atom. The molecule has 0 amide bonds. The fraction of sp³-hybridized carbons (Fsp3) is 0.250. The van der Waals surface area contributed by atoms with Crippen molar-refractivity contribution in [3.8, 4) is 0 Å². The van der Waals surface area contributed by atoms with Gasteiger partial charge in [-0.15, -0.1) is 0 Å². The largest absolute Gasteiger partial charge is 0.333 e. The molecule has 2 N–H and O–H groups in total. The third kappa shape index (κ3) is 3.50. The van der Waals surface area contributed by atoms with E-state index in [0.29, 0.717) is 4.90 Å². The Hall–Kier alpha value is -0.870. The molecule has 0 aromatic heterocycles. The van der Waals surface area contributed by atoms with Crippen molar-refractivity contribution in [2.45, 2.75) is 4.90 Å². The maximum Gasteiger partial charge on any atom is 0.175 e. The first-order valence-electron chi connectivity index (χ1n) is 3.43. The Morgan fingerprint density at radius 1 is 1.08 bits per heavy atom. The number of hydrogen-bond donors (Lipinski definition) is 1. The van der Waals surface area contributed by atoms with Crippen LogP contribution in [0.1, 0.15) is 0 Å². The first-order chi connectivity index (χ1) is 5.61. The molecule has 3 nitrogen and oxygen atoms in total. The molecule has 0 bridgehead atoms. The number of nitrogens with two attached hydrogens (primary N) is 1. The minimum atomic E-state index is -3.00. The highest BCUT2D eigenvalue weighted by Gasteiger charge is 2.02. The fourth-order valence-corrected chi connectivity index (χ4v) is 1.32. The van der Waals surface area contributed by atoms with Crippen molar-refractivity contribution in [2.24, 2.45) is 5.73 Å². The maximum absolute atomic E-state index is 10.8. The van der Waals surface area contributed by atoms with E-state index in [2.05, 4.69) is 5.73 Å². The molecule has 68 valence electrons. The van der Waals surface area contributed by atoms with Gasteiger partial charge >= 0.3 is 0 Å². The van der Waals surface area contributed by atoms with Gasteiger partial charge in [-0.2, -0.15) is 0 Å². The van der Waals surface area contributed by atoms with Crippen LogP contribution in [-0.4, -0.2) is 21.7 Å². The summed E-state index contributed by atoms with van der Waals surface area (Å²) in [4.78, 5) is 0.370. The van der Waals surface area contributed by atoms with Crippen molar-refractivity contribution in [1.29, 1.82) is 0 Å². The third-order valence-electron chi connectivity index (χ3n) is 1.17. The van der Waals surface area contributed by atoms with Crippen molar-refractivity contribution >= 4 is 9.84 Å². The molecular weight excluding hydrogens is 174 g/mol. The Labute approximate surface area is 73.1 Å². The van der Waals surface area contributed by atoms with Gasteiger partial charge in [0.05, 0.1) is 4.90 Å². The summed E-state index contributed by atoms with van der Waals surface area (Å²) in [5.74, 6) is 0. The smallest absolute Gasteiger partial charge is 0.175 e. The van der Waals surface area contributed by atoms with Crippen LogP contribution in [0, 0.1) is 0 Å². The van der Waals surface area contributed by atoms with Crippen LogP contribution < -0.4 is 5.73 Å². The van der Waals surface area contributed by atoms with Gasteiger partial charge in [-0.05, 0) is 19.2 Å². The summed E-state index contributed by atoms with van der Waals surface area (Å²) in [5, 5.41) is 0. The van der Waals surface area contributed by atoms with Crippen LogP contribution in [-0.2, 0) is 9.84 Å². The molecule has 0 radical (unpaired) electrons. The predicted molar refractivity (Wildman–Crippen MR) is 49.7 cm³/mol. The molecule has 0 unspecified atom stereocenters. The number of benzene rings is 1. The second kappa shape index (κ2) is 4.90. The van der Waals surface area contributed by atoms with Crippen LogP contribution in [0.15, 0.2) is 35.2 Å². The molecule has 0 aliphatic carbocycles.